The highest BCUT2D eigenvalue weighted by molar-refractivity contribution is 7.90. The Balaban J connectivity index is 2.19. The van der Waals surface area contributed by atoms with Gasteiger partial charge in [0.25, 0.3) is 0 Å². The first-order valence-corrected chi connectivity index (χ1v) is 10.4. The van der Waals surface area contributed by atoms with E-state index in [1.807, 2.05) is 12.1 Å². The van der Waals surface area contributed by atoms with Gasteiger partial charge in [0.2, 0.25) is 5.78 Å². The lowest BCUT2D eigenvalue weighted by Crippen LogP contribution is -2.25. The minimum atomic E-state index is -3.59. The molecule has 6 heteroatoms. The highest BCUT2D eigenvalue weighted by Gasteiger charge is 2.24. The Bertz CT molecular complexity index is 951. The molecular weight excluding hydrogens is 364 g/mol. The molecule has 2 rings (SSSR count). The van der Waals surface area contributed by atoms with Crippen LogP contribution in [0.3, 0.4) is 0 Å². The van der Waals surface area contributed by atoms with Crippen molar-refractivity contribution in [2.75, 3.05) is 6.26 Å². The Morgan fingerprint density at radius 3 is 2.04 bits per heavy atom. The van der Waals surface area contributed by atoms with Gasteiger partial charge in [-0.25, -0.2) is 13.2 Å². The molecular formula is C21H24O5S. The number of ether oxygens (including phenoxy) is 1. The van der Waals surface area contributed by atoms with Gasteiger partial charge in [-0.3, -0.25) is 4.79 Å². The number of sulfone groups is 1. The van der Waals surface area contributed by atoms with Crippen LogP contribution in [0.1, 0.15) is 54.0 Å². The molecule has 0 amide bonds. The van der Waals surface area contributed by atoms with Gasteiger partial charge in [-0.1, -0.05) is 57.2 Å². The molecule has 0 heterocycles. The summed E-state index contributed by atoms with van der Waals surface area (Å²) in [5.74, 6) is -1.19. The summed E-state index contributed by atoms with van der Waals surface area (Å²) in [6.07, 6.45) is -0.0182. The fraction of sp³-hybridized carbons (Fsp3) is 0.333. The Morgan fingerprint density at radius 2 is 1.52 bits per heavy atom. The number of esters is 1. The number of ketones is 1. The largest absolute Gasteiger partial charge is 0.451 e. The van der Waals surface area contributed by atoms with E-state index in [1.54, 1.807) is 18.2 Å². The van der Waals surface area contributed by atoms with E-state index in [9.17, 15) is 18.0 Å². The minimum Gasteiger partial charge on any atom is -0.451 e. The molecule has 0 aliphatic carbocycles. The maximum Gasteiger partial charge on any atom is 0.340 e. The van der Waals surface area contributed by atoms with E-state index in [0.29, 0.717) is 5.56 Å². The van der Waals surface area contributed by atoms with Gasteiger partial charge in [-0.15, -0.1) is 0 Å². The zero-order valence-electron chi connectivity index (χ0n) is 16.1. The summed E-state index contributed by atoms with van der Waals surface area (Å²) in [6, 6.07) is 12.9. The van der Waals surface area contributed by atoms with Gasteiger partial charge in [0.1, 0.15) is 0 Å². The summed E-state index contributed by atoms with van der Waals surface area (Å²) < 4.78 is 28.9. The predicted octanol–water partition coefficient (Wildman–Crippen LogP) is 3.82. The summed E-state index contributed by atoms with van der Waals surface area (Å²) in [5.41, 5.74) is 1.41. The third-order valence-electron chi connectivity index (χ3n) is 4.19. The Hall–Kier alpha value is -2.47. The average molecular weight is 388 g/mol. The molecule has 0 saturated heterocycles. The topological polar surface area (TPSA) is 77.5 Å². The van der Waals surface area contributed by atoms with E-state index in [1.165, 1.54) is 25.1 Å². The van der Waals surface area contributed by atoms with Crippen molar-refractivity contribution >= 4 is 21.6 Å². The highest BCUT2D eigenvalue weighted by Crippen LogP contribution is 2.23. The second-order valence-electron chi connectivity index (χ2n) is 7.51. The molecule has 0 aliphatic heterocycles. The molecule has 5 nitrogen and oxygen atoms in total. The number of hydrogen-bond acceptors (Lipinski definition) is 5. The summed E-state index contributed by atoms with van der Waals surface area (Å²) >= 11 is 0. The second-order valence-corrected chi connectivity index (χ2v) is 9.49. The van der Waals surface area contributed by atoms with Gasteiger partial charge in [0.05, 0.1) is 10.5 Å². The number of benzene rings is 2. The monoisotopic (exact) mass is 388 g/mol. The molecule has 0 saturated carbocycles. The van der Waals surface area contributed by atoms with Crippen LogP contribution in [0.2, 0.25) is 0 Å². The molecule has 0 fully saturated rings. The fourth-order valence-electron chi connectivity index (χ4n) is 2.61. The second kappa shape index (κ2) is 7.64. The van der Waals surface area contributed by atoms with Crippen molar-refractivity contribution in [1.82, 2.24) is 0 Å². The summed E-state index contributed by atoms with van der Waals surface area (Å²) in [4.78, 5) is 24.8. The maximum atomic E-state index is 12.6. The lowest BCUT2D eigenvalue weighted by Gasteiger charge is -2.19. The van der Waals surface area contributed by atoms with Gasteiger partial charge in [0, 0.05) is 11.8 Å². The normalized spacial score (nSPS) is 13.1. The molecule has 1 unspecified atom stereocenters. The van der Waals surface area contributed by atoms with Crippen molar-refractivity contribution in [3.63, 3.8) is 0 Å². The smallest absolute Gasteiger partial charge is 0.340 e. The van der Waals surface area contributed by atoms with E-state index < -0.39 is 21.9 Å². The first-order valence-electron chi connectivity index (χ1n) is 8.56. The first-order chi connectivity index (χ1) is 12.4. The lowest BCUT2D eigenvalue weighted by atomic mass is 9.86. The Morgan fingerprint density at radius 1 is 0.963 bits per heavy atom. The van der Waals surface area contributed by atoms with Crippen LogP contribution < -0.4 is 0 Å². The molecule has 2 aromatic carbocycles. The molecule has 0 radical (unpaired) electrons. The van der Waals surface area contributed by atoms with Gasteiger partial charge in [0.15, 0.2) is 15.9 Å². The summed E-state index contributed by atoms with van der Waals surface area (Å²) in [6.45, 7) is 7.70. The van der Waals surface area contributed by atoms with E-state index in [4.69, 9.17) is 4.74 Å². The zero-order valence-corrected chi connectivity index (χ0v) is 17.0. The van der Waals surface area contributed by atoms with Crippen molar-refractivity contribution in [1.29, 1.82) is 0 Å². The van der Waals surface area contributed by atoms with Crippen LogP contribution in [0.4, 0.5) is 0 Å². The zero-order chi connectivity index (χ0) is 20.4. The maximum absolute atomic E-state index is 12.6. The Kier molecular flexibility index (Phi) is 5.90. The third-order valence-corrected chi connectivity index (χ3v) is 5.35. The first kappa shape index (κ1) is 20.8. The molecule has 2 aromatic rings. The van der Waals surface area contributed by atoms with Crippen molar-refractivity contribution < 1.29 is 22.7 Å². The number of carbonyl (C=O) groups is 2. The molecule has 0 bridgehead atoms. The van der Waals surface area contributed by atoms with Crippen molar-refractivity contribution in [2.45, 2.75) is 44.1 Å². The predicted molar refractivity (Wildman–Crippen MR) is 104 cm³/mol. The molecule has 27 heavy (non-hydrogen) atoms. The van der Waals surface area contributed by atoms with Crippen LogP contribution in [0, 0.1) is 0 Å². The number of carbonyl (C=O) groups excluding carboxylic acids is 2. The van der Waals surface area contributed by atoms with Gasteiger partial charge in [-0.05, 0) is 30.0 Å². The summed E-state index contributed by atoms with van der Waals surface area (Å²) in [5, 5.41) is 0. The average Bonchev–Trinajstić information content (AvgIpc) is 2.59. The van der Waals surface area contributed by atoms with Crippen LogP contribution in [-0.4, -0.2) is 32.5 Å². The van der Waals surface area contributed by atoms with Gasteiger partial charge >= 0.3 is 5.97 Å². The van der Waals surface area contributed by atoms with Crippen LogP contribution in [0.15, 0.2) is 53.4 Å². The van der Waals surface area contributed by atoms with E-state index in [-0.39, 0.29) is 21.7 Å². The number of hydrogen-bond donors (Lipinski definition) is 0. The number of Topliss-reactive ketones (excluding diaryl/α,β-unsaturated/α-hetero) is 1. The quantitative estimate of drug-likeness (QED) is 0.575. The van der Waals surface area contributed by atoms with Crippen LogP contribution in [0.5, 0.6) is 0 Å². The number of rotatable bonds is 5. The van der Waals surface area contributed by atoms with Crippen LogP contribution in [-0.2, 0) is 20.0 Å². The van der Waals surface area contributed by atoms with Crippen molar-refractivity contribution in [2.24, 2.45) is 0 Å². The van der Waals surface area contributed by atoms with Crippen LogP contribution in [0.25, 0.3) is 0 Å². The molecule has 144 valence electrons. The Labute approximate surface area is 160 Å². The molecule has 0 aromatic heterocycles. The van der Waals surface area contributed by atoms with Crippen LogP contribution >= 0.6 is 0 Å². The lowest BCUT2D eigenvalue weighted by molar-refractivity contribution is 0.0315. The standard InChI is InChI=1S/C21H24O5S/c1-14(19(22)15-10-12-16(13-11-15)21(2,3)4)26-20(23)17-8-6-7-9-18(17)27(5,24)25/h6-14H,1-5H3. The van der Waals surface area contributed by atoms with E-state index in [0.717, 1.165) is 11.8 Å². The molecule has 1 atom stereocenters. The van der Waals surface area contributed by atoms with Crippen molar-refractivity contribution in [3.8, 4) is 0 Å². The molecule has 0 aliphatic rings. The van der Waals surface area contributed by atoms with E-state index in [2.05, 4.69) is 20.8 Å². The SMILES string of the molecule is CC(OC(=O)c1ccccc1S(C)(=O)=O)C(=O)c1ccc(C(C)(C)C)cc1. The van der Waals surface area contributed by atoms with Crippen molar-refractivity contribution in [3.05, 3.63) is 65.2 Å². The highest BCUT2D eigenvalue weighted by atomic mass is 32.2. The van der Waals surface area contributed by atoms with Gasteiger partial charge < -0.3 is 4.74 Å². The third kappa shape index (κ3) is 5.04. The summed E-state index contributed by atoms with van der Waals surface area (Å²) in [7, 11) is -3.59. The minimum absolute atomic E-state index is 0.0327. The molecule has 0 spiro atoms. The van der Waals surface area contributed by atoms with Gasteiger partial charge in [-0.2, -0.15) is 0 Å². The fourth-order valence-corrected chi connectivity index (χ4v) is 3.48. The van der Waals surface area contributed by atoms with E-state index >= 15 is 0 Å². The molecule has 0 N–H and O–H groups in total.